The average Bonchev–Trinajstić information content (AvgIpc) is 2.48. The average molecular weight is 287 g/mol. The van der Waals surface area contributed by atoms with Crippen molar-refractivity contribution in [2.24, 2.45) is 0 Å². The van der Waals surface area contributed by atoms with E-state index in [0.29, 0.717) is 23.9 Å². The van der Waals surface area contributed by atoms with E-state index in [1.165, 1.54) is 6.07 Å². The van der Waals surface area contributed by atoms with Gasteiger partial charge in [-0.2, -0.15) is 0 Å². The molecule has 0 saturated heterocycles. The normalized spacial score (nSPS) is 10.1. The Balaban J connectivity index is 2.30. The molecule has 2 aromatic rings. The van der Waals surface area contributed by atoms with Crippen LogP contribution in [0.4, 0.5) is 5.69 Å². The van der Waals surface area contributed by atoms with E-state index in [2.05, 4.69) is 0 Å². The SMILES string of the molecule is CCCOc1ccccc1Oc1cccc(C(=O)O)c1N. The van der Waals surface area contributed by atoms with Crippen LogP contribution in [0.5, 0.6) is 17.2 Å². The molecule has 0 aliphatic rings. The molecule has 0 aliphatic heterocycles. The van der Waals surface area contributed by atoms with Gasteiger partial charge in [0.15, 0.2) is 17.2 Å². The van der Waals surface area contributed by atoms with Crippen molar-refractivity contribution in [2.45, 2.75) is 13.3 Å². The fraction of sp³-hybridized carbons (Fsp3) is 0.188. The summed E-state index contributed by atoms with van der Waals surface area (Å²) in [4.78, 5) is 11.1. The van der Waals surface area contributed by atoms with Gasteiger partial charge in [0.1, 0.15) is 0 Å². The minimum Gasteiger partial charge on any atom is -0.490 e. The van der Waals surface area contributed by atoms with Crippen LogP contribution in [0.3, 0.4) is 0 Å². The second kappa shape index (κ2) is 6.65. The zero-order valence-electron chi connectivity index (χ0n) is 11.7. The Morgan fingerprint density at radius 2 is 1.76 bits per heavy atom. The van der Waals surface area contributed by atoms with Gasteiger partial charge < -0.3 is 20.3 Å². The van der Waals surface area contributed by atoms with Gasteiger partial charge in [-0.25, -0.2) is 4.79 Å². The Bertz CT molecular complexity index is 640. The molecule has 5 heteroatoms. The Kier molecular flexibility index (Phi) is 4.66. The minimum absolute atomic E-state index is 0.0134. The summed E-state index contributed by atoms with van der Waals surface area (Å²) >= 11 is 0. The van der Waals surface area contributed by atoms with Crippen molar-refractivity contribution < 1.29 is 19.4 Å². The summed E-state index contributed by atoms with van der Waals surface area (Å²) in [6, 6.07) is 11.8. The lowest BCUT2D eigenvalue weighted by Crippen LogP contribution is -2.04. The van der Waals surface area contributed by atoms with Crippen LogP contribution < -0.4 is 15.2 Å². The third-order valence-corrected chi connectivity index (χ3v) is 2.83. The number of hydrogen-bond donors (Lipinski definition) is 2. The number of carbonyl (C=O) groups is 1. The van der Waals surface area contributed by atoms with Gasteiger partial charge in [-0.05, 0) is 30.7 Å². The number of anilines is 1. The number of para-hydroxylation sites is 3. The largest absolute Gasteiger partial charge is 0.490 e. The van der Waals surface area contributed by atoms with Crippen LogP contribution in [0, 0.1) is 0 Å². The summed E-state index contributed by atoms with van der Waals surface area (Å²) < 4.78 is 11.3. The van der Waals surface area contributed by atoms with Gasteiger partial charge in [0.05, 0.1) is 17.9 Å². The van der Waals surface area contributed by atoms with Crippen molar-refractivity contribution in [3.63, 3.8) is 0 Å². The van der Waals surface area contributed by atoms with Gasteiger partial charge >= 0.3 is 5.97 Å². The second-order valence-corrected chi connectivity index (χ2v) is 4.42. The number of hydrogen-bond acceptors (Lipinski definition) is 4. The number of ether oxygens (including phenoxy) is 2. The predicted molar refractivity (Wildman–Crippen MR) is 80.1 cm³/mol. The molecular formula is C16H17NO4. The smallest absolute Gasteiger partial charge is 0.337 e. The molecule has 0 radical (unpaired) electrons. The molecule has 0 amide bonds. The fourth-order valence-corrected chi connectivity index (χ4v) is 1.80. The zero-order valence-corrected chi connectivity index (χ0v) is 11.7. The van der Waals surface area contributed by atoms with Crippen LogP contribution in [0.15, 0.2) is 42.5 Å². The first kappa shape index (κ1) is 14.7. The first-order valence-corrected chi connectivity index (χ1v) is 6.65. The van der Waals surface area contributed by atoms with Gasteiger partial charge in [-0.15, -0.1) is 0 Å². The molecule has 0 heterocycles. The molecule has 0 aliphatic carbocycles. The van der Waals surface area contributed by atoms with E-state index in [1.807, 2.05) is 19.1 Å². The second-order valence-electron chi connectivity index (χ2n) is 4.42. The Morgan fingerprint density at radius 1 is 1.10 bits per heavy atom. The van der Waals surface area contributed by atoms with Crippen molar-refractivity contribution in [2.75, 3.05) is 12.3 Å². The standard InChI is InChI=1S/C16H17NO4/c1-2-10-20-12-7-3-4-8-13(12)21-14-9-5-6-11(15(14)17)16(18)19/h3-9H,2,10,17H2,1H3,(H,18,19). The number of rotatable bonds is 6. The van der Waals surface area contributed by atoms with E-state index in [-0.39, 0.29) is 11.3 Å². The van der Waals surface area contributed by atoms with Crippen molar-refractivity contribution >= 4 is 11.7 Å². The molecule has 0 fully saturated rings. The third-order valence-electron chi connectivity index (χ3n) is 2.83. The third kappa shape index (κ3) is 3.45. The molecule has 0 spiro atoms. The number of benzene rings is 2. The number of aromatic carboxylic acids is 1. The van der Waals surface area contributed by atoms with Crippen LogP contribution in [-0.4, -0.2) is 17.7 Å². The maximum absolute atomic E-state index is 11.1. The van der Waals surface area contributed by atoms with Crippen LogP contribution >= 0.6 is 0 Å². The number of carboxylic acids is 1. The summed E-state index contributed by atoms with van der Waals surface area (Å²) in [6.45, 7) is 2.59. The molecule has 0 bridgehead atoms. The number of carboxylic acid groups (broad SMARTS) is 1. The molecule has 110 valence electrons. The topological polar surface area (TPSA) is 81.8 Å². The minimum atomic E-state index is -1.09. The first-order chi connectivity index (χ1) is 10.1. The van der Waals surface area contributed by atoms with Crippen LogP contribution in [0.2, 0.25) is 0 Å². The molecular weight excluding hydrogens is 270 g/mol. The maximum atomic E-state index is 11.1. The molecule has 21 heavy (non-hydrogen) atoms. The fourth-order valence-electron chi connectivity index (χ4n) is 1.80. The van der Waals surface area contributed by atoms with Gasteiger partial charge in [-0.1, -0.05) is 25.1 Å². The molecule has 2 aromatic carbocycles. The van der Waals surface area contributed by atoms with Crippen molar-refractivity contribution in [1.82, 2.24) is 0 Å². The molecule has 5 nitrogen and oxygen atoms in total. The van der Waals surface area contributed by atoms with E-state index in [9.17, 15) is 4.79 Å². The van der Waals surface area contributed by atoms with Gasteiger partial charge in [0.2, 0.25) is 0 Å². The summed E-state index contributed by atoms with van der Waals surface area (Å²) in [5, 5.41) is 9.07. The quantitative estimate of drug-likeness (QED) is 0.794. The summed E-state index contributed by atoms with van der Waals surface area (Å²) in [5.74, 6) is 0.301. The number of nitrogens with two attached hydrogens (primary N) is 1. The first-order valence-electron chi connectivity index (χ1n) is 6.65. The maximum Gasteiger partial charge on any atom is 0.337 e. The zero-order chi connectivity index (χ0) is 15.2. The van der Waals surface area contributed by atoms with E-state index >= 15 is 0 Å². The lowest BCUT2D eigenvalue weighted by Gasteiger charge is -2.14. The summed E-state index contributed by atoms with van der Waals surface area (Å²) in [5.41, 5.74) is 5.94. The molecule has 2 rings (SSSR count). The highest BCUT2D eigenvalue weighted by atomic mass is 16.5. The van der Waals surface area contributed by atoms with E-state index in [4.69, 9.17) is 20.3 Å². The monoisotopic (exact) mass is 287 g/mol. The molecule has 0 aromatic heterocycles. The van der Waals surface area contributed by atoms with Gasteiger partial charge in [0, 0.05) is 0 Å². The van der Waals surface area contributed by atoms with Crippen LogP contribution in [0.25, 0.3) is 0 Å². The Morgan fingerprint density at radius 3 is 2.43 bits per heavy atom. The van der Waals surface area contributed by atoms with Gasteiger partial charge in [0.25, 0.3) is 0 Å². The van der Waals surface area contributed by atoms with E-state index in [0.717, 1.165) is 6.42 Å². The molecule has 0 atom stereocenters. The van der Waals surface area contributed by atoms with Gasteiger partial charge in [-0.3, -0.25) is 0 Å². The lowest BCUT2D eigenvalue weighted by molar-refractivity contribution is 0.0697. The molecule has 0 saturated carbocycles. The Labute approximate surface area is 122 Å². The predicted octanol–water partition coefficient (Wildman–Crippen LogP) is 3.55. The van der Waals surface area contributed by atoms with Crippen molar-refractivity contribution in [3.05, 3.63) is 48.0 Å². The highest BCUT2D eigenvalue weighted by Gasteiger charge is 2.14. The lowest BCUT2D eigenvalue weighted by atomic mass is 10.1. The summed E-state index contributed by atoms with van der Waals surface area (Å²) in [7, 11) is 0. The van der Waals surface area contributed by atoms with Crippen molar-refractivity contribution in [1.29, 1.82) is 0 Å². The molecule has 3 N–H and O–H groups in total. The number of nitrogen functional groups attached to an aromatic ring is 1. The molecule has 0 unspecified atom stereocenters. The Hall–Kier alpha value is -2.69. The van der Waals surface area contributed by atoms with Crippen LogP contribution in [0.1, 0.15) is 23.7 Å². The highest BCUT2D eigenvalue weighted by molar-refractivity contribution is 5.95. The van der Waals surface area contributed by atoms with Crippen LogP contribution in [-0.2, 0) is 0 Å². The van der Waals surface area contributed by atoms with E-state index < -0.39 is 5.97 Å². The summed E-state index contributed by atoms with van der Waals surface area (Å²) in [6.07, 6.45) is 0.880. The highest BCUT2D eigenvalue weighted by Crippen LogP contribution is 2.35. The van der Waals surface area contributed by atoms with E-state index in [1.54, 1.807) is 24.3 Å². The van der Waals surface area contributed by atoms with Crippen molar-refractivity contribution in [3.8, 4) is 17.2 Å².